The third-order valence-corrected chi connectivity index (χ3v) is 6.38. The van der Waals surface area contributed by atoms with Crippen molar-refractivity contribution in [3.8, 4) is 17.2 Å². The molecule has 0 heterocycles. The van der Waals surface area contributed by atoms with E-state index in [2.05, 4.69) is 4.99 Å². The minimum absolute atomic E-state index is 0.0856. The predicted octanol–water partition coefficient (Wildman–Crippen LogP) is 5.92. The summed E-state index contributed by atoms with van der Waals surface area (Å²) in [6.07, 6.45) is 1.69. The summed E-state index contributed by atoms with van der Waals surface area (Å²) < 4.78 is 42.7. The zero-order valence-corrected chi connectivity index (χ0v) is 21.0. The molecule has 0 aliphatic carbocycles. The highest BCUT2D eigenvalue weighted by Crippen LogP contribution is 2.36. The first kappa shape index (κ1) is 24.1. The van der Waals surface area contributed by atoms with E-state index in [0.29, 0.717) is 22.5 Å². The van der Waals surface area contributed by atoms with Crippen LogP contribution in [0.5, 0.6) is 17.2 Å². The van der Waals surface area contributed by atoms with Gasteiger partial charge in [-0.25, -0.2) is 0 Å². The summed E-state index contributed by atoms with van der Waals surface area (Å²) in [6, 6.07) is 17.5. The Morgan fingerprint density at radius 1 is 0.938 bits per heavy atom. The van der Waals surface area contributed by atoms with Gasteiger partial charge in [-0.2, -0.15) is 8.42 Å². The fourth-order valence-corrected chi connectivity index (χ4v) is 4.66. The molecule has 0 atom stereocenters. The van der Waals surface area contributed by atoms with Crippen molar-refractivity contribution in [3.05, 3.63) is 75.4 Å². The Labute approximate surface area is 202 Å². The third-order valence-electron chi connectivity index (χ3n) is 4.34. The van der Waals surface area contributed by atoms with Gasteiger partial charge in [0.1, 0.15) is 10.6 Å². The molecule has 0 radical (unpaired) electrons. The lowest BCUT2D eigenvalue weighted by Crippen LogP contribution is -2.12. The van der Waals surface area contributed by atoms with Crippen LogP contribution < -0.4 is 13.7 Å². The summed E-state index contributed by atoms with van der Waals surface area (Å²) >= 11 is 2.04. The molecular weight excluding hydrogens is 541 g/mol. The summed E-state index contributed by atoms with van der Waals surface area (Å²) in [5.41, 5.74) is 2.49. The van der Waals surface area contributed by atoms with Crippen LogP contribution in [0.25, 0.3) is 0 Å². The van der Waals surface area contributed by atoms with Crippen LogP contribution in [0.15, 0.2) is 70.6 Å². The van der Waals surface area contributed by atoms with Crippen molar-refractivity contribution < 1.29 is 22.1 Å². The molecule has 0 spiro atoms. The van der Waals surface area contributed by atoms with Gasteiger partial charge in [0, 0.05) is 6.21 Å². The Morgan fingerprint density at radius 3 is 2.22 bits per heavy atom. The molecule has 0 amide bonds. The number of aliphatic imine (C=N–C) groups is 1. The van der Waals surface area contributed by atoms with E-state index in [1.54, 1.807) is 30.5 Å². The first-order valence-electron chi connectivity index (χ1n) is 10.1. The lowest BCUT2D eigenvalue weighted by molar-refractivity contribution is 0.327. The van der Waals surface area contributed by atoms with Crippen LogP contribution in [0.3, 0.4) is 0 Å². The maximum Gasteiger partial charge on any atom is 0.339 e. The van der Waals surface area contributed by atoms with Crippen LogP contribution in [0.4, 0.5) is 5.69 Å². The van der Waals surface area contributed by atoms with Crippen molar-refractivity contribution in [2.75, 3.05) is 13.2 Å². The summed E-state index contributed by atoms with van der Waals surface area (Å²) in [6.45, 7) is 6.61. The number of aryl methyl sites for hydroxylation is 1. The van der Waals surface area contributed by atoms with Crippen molar-refractivity contribution in [1.82, 2.24) is 0 Å². The predicted molar refractivity (Wildman–Crippen MR) is 134 cm³/mol. The van der Waals surface area contributed by atoms with Gasteiger partial charge in [-0.15, -0.1) is 0 Å². The van der Waals surface area contributed by atoms with E-state index in [0.717, 1.165) is 22.6 Å². The van der Waals surface area contributed by atoms with Gasteiger partial charge in [0.2, 0.25) is 0 Å². The average molecular weight is 565 g/mol. The fourth-order valence-electron chi connectivity index (χ4n) is 2.81. The Hall–Kier alpha value is -2.59. The van der Waals surface area contributed by atoms with Gasteiger partial charge < -0.3 is 13.7 Å². The van der Waals surface area contributed by atoms with E-state index in [4.69, 9.17) is 13.7 Å². The summed E-state index contributed by atoms with van der Waals surface area (Å²) in [5.74, 6) is 1.28. The molecule has 0 saturated carbocycles. The Morgan fingerprint density at radius 2 is 1.59 bits per heavy atom. The second-order valence-corrected chi connectivity index (χ2v) is 9.51. The summed E-state index contributed by atoms with van der Waals surface area (Å²) in [4.78, 5) is 4.57. The molecule has 0 saturated heterocycles. The maximum atomic E-state index is 12.8. The van der Waals surface area contributed by atoms with Crippen LogP contribution in [0.2, 0.25) is 0 Å². The molecule has 0 aromatic heterocycles. The molecule has 0 N–H and O–H groups in total. The van der Waals surface area contributed by atoms with E-state index in [-0.39, 0.29) is 10.6 Å². The van der Waals surface area contributed by atoms with Gasteiger partial charge >= 0.3 is 10.1 Å². The topological polar surface area (TPSA) is 74.2 Å². The number of nitrogens with zero attached hydrogens (tertiary/aromatic N) is 1. The molecular formula is C24H24INO5S. The number of halogens is 1. The Kier molecular flexibility index (Phi) is 8.14. The van der Waals surface area contributed by atoms with Crippen LogP contribution in [-0.2, 0) is 10.1 Å². The Bertz CT molecular complexity index is 1190. The number of hydrogen-bond acceptors (Lipinski definition) is 6. The third kappa shape index (κ3) is 6.23. The summed E-state index contributed by atoms with van der Waals surface area (Å²) in [5, 5.41) is 0. The zero-order valence-electron chi connectivity index (χ0n) is 18.0. The molecule has 3 aromatic rings. The number of ether oxygens (including phenoxy) is 2. The molecule has 8 heteroatoms. The molecule has 3 aromatic carbocycles. The minimum Gasteiger partial charge on any atom is -0.494 e. The molecule has 0 bridgehead atoms. The maximum absolute atomic E-state index is 12.8. The van der Waals surface area contributed by atoms with Gasteiger partial charge in [0.15, 0.2) is 11.5 Å². The quantitative estimate of drug-likeness (QED) is 0.183. The van der Waals surface area contributed by atoms with Gasteiger partial charge in [-0.1, -0.05) is 17.7 Å². The summed E-state index contributed by atoms with van der Waals surface area (Å²) in [7, 11) is -4.00. The van der Waals surface area contributed by atoms with Crippen LogP contribution >= 0.6 is 22.6 Å². The smallest absolute Gasteiger partial charge is 0.339 e. The van der Waals surface area contributed by atoms with E-state index in [1.807, 2.05) is 67.6 Å². The average Bonchev–Trinajstić information content (AvgIpc) is 2.76. The molecule has 168 valence electrons. The van der Waals surface area contributed by atoms with Crippen molar-refractivity contribution in [2.24, 2.45) is 4.99 Å². The van der Waals surface area contributed by atoms with E-state index < -0.39 is 10.1 Å². The van der Waals surface area contributed by atoms with Crippen molar-refractivity contribution >= 4 is 44.6 Å². The van der Waals surface area contributed by atoms with E-state index in [1.165, 1.54) is 12.1 Å². The molecule has 0 unspecified atom stereocenters. The van der Waals surface area contributed by atoms with E-state index in [9.17, 15) is 8.42 Å². The van der Waals surface area contributed by atoms with Gasteiger partial charge in [0.05, 0.1) is 22.5 Å². The highest BCUT2D eigenvalue weighted by molar-refractivity contribution is 14.1. The Balaban J connectivity index is 1.88. The molecule has 0 aliphatic heterocycles. The fraction of sp³-hybridized carbons (Fsp3) is 0.208. The standard InChI is InChI=1S/C24H24INO5S/c1-4-29-20-10-8-19(9-11-20)26-16-18-14-22(25)24(23(15-18)30-5-2)31-32(27,28)21-12-6-17(3)7-13-21/h6-16H,4-5H2,1-3H3. The van der Waals surface area contributed by atoms with Gasteiger partial charge in [-0.3, -0.25) is 4.99 Å². The molecule has 32 heavy (non-hydrogen) atoms. The minimum atomic E-state index is -4.00. The second kappa shape index (κ2) is 10.8. The lowest BCUT2D eigenvalue weighted by Gasteiger charge is -2.14. The second-order valence-electron chi connectivity index (χ2n) is 6.80. The number of hydrogen-bond donors (Lipinski definition) is 0. The van der Waals surface area contributed by atoms with Crippen LogP contribution in [-0.4, -0.2) is 27.8 Å². The monoisotopic (exact) mass is 565 g/mol. The largest absolute Gasteiger partial charge is 0.494 e. The highest BCUT2D eigenvalue weighted by atomic mass is 127. The highest BCUT2D eigenvalue weighted by Gasteiger charge is 2.22. The number of benzene rings is 3. The molecule has 3 rings (SSSR count). The van der Waals surface area contributed by atoms with Crippen molar-refractivity contribution in [3.63, 3.8) is 0 Å². The van der Waals surface area contributed by atoms with Gasteiger partial charge in [0.25, 0.3) is 0 Å². The molecule has 6 nitrogen and oxygen atoms in total. The van der Waals surface area contributed by atoms with Gasteiger partial charge in [-0.05, 0) is 97.5 Å². The first-order chi connectivity index (χ1) is 15.3. The SMILES string of the molecule is CCOc1ccc(N=Cc2cc(I)c(OS(=O)(=O)c3ccc(C)cc3)c(OCC)c2)cc1. The normalized spacial score (nSPS) is 11.5. The number of rotatable bonds is 9. The van der Waals surface area contributed by atoms with E-state index >= 15 is 0 Å². The van der Waals surface area contributed by atoms with Crippen LogP contribution in [0, 0.1) is 10.5 Å². The first-order valence-corrected chi connectivity index (χ1v) is 12.6. The lowest BCUT2D eigenvalue weighted by atomic mass is 10.2. The zero-order chi connectivity index (χ0) is 23.1. The molecule has 0 aliphatic rings. The van der Waals surface area contributed by atoms with Crippen molar-refractivity contribution in [2.45, 2.75) is 25.7 Å². The van der Waals surface area contributed by atoms with Crippen LogP contribution in [0.1, 0.15) is 25.0 Å². The molecule has 0 fully saturated rings. The van der Waals surface area contributed by atoms with Crippen molar-refractivity contribution in [1.29, 1.82) is 0 Å².